The summed E-state index contributed by atoms with van der Waals surface area (Å²) in [6.07, 6.45) is 6.95. The van der Waals surface area contributed by atoms with Gasteiger partial charge < -0.3 is 0 Å². The first-order valence-corrected chi connectivity index (χ1v) is 6.65. The summed E-state index contributed by atoms with van der Waals surface area (Å²) in [5.41, 5.74) is 5.69. The van der Waals surface area contributed by atoms with Crippen molar-refractivity contribution in [3.05, 3.63) is 34.9 Å². The maximum atomic E-state index is 2.52. The fourth-order valence-corrected chi connectivity index (χ4v) is 4.09. The third kappa shape index (κ3) is 1.16. The highest BCUT2D eigenvalue weighted by Gasteiger charge is 2.52. The number of aryl methyl sites for hydroxylation is 1. The molecule has 2 atom stereocenters. The highest BCUT2D eigenvalue weighted by molar-refractivity contribution is 5.45. The molecule has 1 fully saturated rings. The van der Waals surface area contributed by atoms with Gasteiger partial charge >= 0.3 is 0 Å². The van der Waals surface area contributed by atoms with Gasteiger partial charge in [0, 0.05) is 0 Å². The molecular weight excluding hydrogens is 192 g/mol. The number of hydrogen-bond acceptors (Lipinski definition) is 0. The van der Waals surface area contributed by atoms with Gasteiger partial charge in [-0.15, -0.1) is 0 Å². The van der Waals surface area contributed by atoms with Gasteiger partial charge in [-0.2, -0.15) is 0 Å². The molecule has 1 saturated carbocycles. The second-order valence-electron chi connectivity index (χ2n) is 6.44. The van der Waals surface area contributed by atoms with Gasteiger partial charge in [0.05, 0.1) is 0 Å². The lowest BCUT2D eigenvalue weighted by Gasteiger charge is -2.46. The van der Waals surface area contributed by atoms with Crippen LogP contribution in [0.1, 0.15) is 56.2 Å². The van der Waals surface area contributed by atoms with E-state index < -0.39 is 0 Å². The van der Waals surface area contributed by atoms with Crippen LogP contribution in [-0.4, -0.2) is 0 Å². The van der Waals surface area contributed by atoms with Crippen LogP contribution < -0.4 is 0 Å². The Labute approximate surface area is 99.1 Å². The number of rotatable bonds is 0. The minimum absolute atomic E-state index is 0.451. The molecule has 1 aromatic rings. The Hall–Kier alpha value is -0.780. The van der Waals surface area contributed by atoms with Gasteiger partial charge in [0.2, 0.25) is 0 Å². The molecule has 0 heterocycles. The molecule has 2 aliphatic carbocycles. The first-order valence-electron chi connectivity index (χ1n) is 6.65. The SMILES string of the molecule is Cc1ccc2c(c1)C1(C)CCCCC1(C)C2. The van der Waals surface area contributed by atoms with Gasteiger partial charge in [-0.05, 0) is 48.1 Å². The van der Waals surface area contributed by atoms with E-state index in [9.17, 15) is 0 Å². The molecule has 0 bridgehead atoms. The van der Waals surface area contributed by atoms with Crippen molar-refractivity contribution in [3.8, 4) is 0 Å². The van der Waals surface area contributed by atoms with Crippen molar-refractivity contribution in [1.29, 1.82) is 0 Å². The quantitative estimate of drug-likeness (QED) is 0.601. The Balaban J connectivity index is 2.17. The Morgan fingerprint density at radius 3 is 2.62 bits per heavy atom. The van der Waals surface area contributed by atoms with E-state index in [4.69, 9.17) is 0 Å². The number of hydrogen-bond donors (Lipinski definition) is 0. The normalized spacial score (nSPS) is 36.9. The van der Waals surface area contributed by atoms with Crippen molar-refractivity contribution in [1.82, 2.24) is 0 Å². The van der Waals surface area contributed by atoms with E-state index in [0.29, 0.717) is 10.8 Å². The molecule has 0 aliphatic heterocycles. The van der Waals surface area contributed by atoms with E-state index in [1.165, 1.54) is 37.7 Å². The first-order chi connectivity index (χ1) is 7.55. The average molecular weight is 214 g/mol. The molecule has 0 saturated heterocycles. The van der Waals surface area contributed by atoms with Gasteiger partial charge in [-0.1, -0.05) is 50.5 Å². The van der Waals surface area contributed by atoms with Crippen LogP contribution in [0, 0.1) is 12.3 Å². The average Bonchev–Trinajstić information content (AvgIpc) is 2.47. The molecule has 0 nitrogen and oxygen atoms in total. The lowest BCUT2D eigenvalue weighted by molar-refractivity contribution is 0.110. The van der Waals surface area contributed by atoms with Gasteiger partial charge in [0.15, 0.2) is 0 Å². The molecule has 2 unspecified atom stereocenters. The van der Waals surface area contributed by atoms with Crippen molar-refractivity contribution in [2.45, 2.75) is 58.3 Å². The molecule has 3 rings (SSSR count). The van der Waals surface area contributed by atoms with Crippen LogP contribution in [0.4, 0.5) is 0 Å². The van der Waals surface area contributed by atoms with E-state index in [1.807, 2.05) is 0 Å². The zero-order valence-corrected chi connectivity index (χ0v) is 10.8. The van der Waals surface area contributed by atoms with Gasteiger partial charge in [0.25, 0.3) is 0 Å². The van der Waals surface area contributed by atoms with Crippen LogP contribution in [0.2, 0.25) is 0 Å². The second-order valence-corrected chi connectivity index (χ2v) is 6.44. The molecule has 0 spiro atoms. The summed E-state index contributed by atoms with van der Waals surface area (Å²) < 4.78 is 0. The largest absolute Gasteiger partial charge is 0.0590 e. The summed E-state index contributed by atoms with van der Waals surface area (Å²) in [7, 11) is 0. The Morgan fingerprint density at radius 1 is 1.06 bits per heavy atom. The van der Waals surface area contributed by atoms with E-state index >= 15 is 0 Å². The molecule has 0 radical (unpaired) electrons. The molecule has 0 heteroatoms. The molecule has 1 aromatic carbocycles. The molecule has 0 aromatic heterocycles. The summed E-state index contributed by atoms with van der Waals surface area (Å²) in [5.74, 6) is 0. The van der Waals surface area contributed by atoms with Gasteiger partial charge in [-0.25, -0.2) is 0 Å². The molecular formula is C16H22. The second kappa shape index (κ2) is 3.12. The number of fused-ring (bicyclic) bond motifs is 3. The summed E-state index contributed by atoms with van der Waals surface area (Å²) in [6.45, 7) is 7.25. The molecule has 0 N–H and O–H groups in total. The topological polar surface area (TPSA) is 0 Å². The summed E-state index contributed by atoms with van der Waals surface area (Å²) in [6, 6.07) is 7.11. The third-order valence-electron chi connectivity index (χ3n) is 5.43. The van der Waals surface area contributed by atoms with Crippen LogP contribution in [0.15, 0.2) is 18.2 Å². The summed E-state index contributed by atoms with van der Waals surface area (Å²) in [5, 5.41) is 0. The predicted molar refractivity (Wildman–Crippen MR) is 68.8 cm³/mol. The van der Waals surface area contributed by atoms with Gasteiger partial charge in [-0.3, -0.25) is 0 Å². The number of benzene rings is 1. The maximum Gasteiger partial charge on any atom is -0.00155 e. The van der Waals surface area contributed by atoms with Crippen LogP contribution in [-0.2, 0) is 11.8 Å². The standard InChI is InChI=1S/C16H22/c1-12-6-7-13-11-15(2)8-4-5-9-16(15,3)14(13)10-12/h6-7,10H,4-5,8-9,11H2,1-3H3. The van der Waals surface area contributed by atoms with Crippen LogP contribution >= 0.6 is 0 Å². The first kappa shape index (κ1) is 10.4. The molecule has 2 aliphatic rings. The van der Waals surface area contributed by atoms with E-state index in [1.54, 1.807) is 11.1 Å². The predicted octanol–water partition coefficient (Wildman–Crippen LogP) is 4.39. The van der Waals surface area contributed by atoms with Crippen molar-refractivity contribution >= 4 is 0 Å². The van der Waals surface area contributed by atoms with E-state index in [0.717, 1.165) is 0 Å². The Kier molecular flexibility index (Phi) is 2.02. The molecule has 0 amide bonds. The van der Waals surface area contributed by atoms with Crippen LogP contribution in [0.25, 0.3) is 0 Å². The zero-order chi connectivity index (χ0) is 11.4. The van der Waals surface area contributed by atoms with E-state index in [2.05, 4.69) is 39.0 Å². The fourth-order valence-electron chi connectivity index (χ4n) is 4.09. The zero-order valence-electron chi connectivity index (χ0n) is 10.8. The van der Waals surface area contributed by atoms with Crippen molar-refractivity contribution in [3.63, 3.8) is 0 Å². The minimum atomic E-state index is 0.451. The Bertz CT molecular complexity index is 432. The molecule has 16 heavy (non-hydrogen) atoms. The Morgan fingerprint density at radius 2 is 1.81 bits per heavy atom. The van der Waals surface area contributed by atoms with Crippen LogP contribution in [0.5, 0.6) is 0 Å². The fraction of sp³-hybridized carbons (Fsp3) is 0.625. The minimum Gasteiger partial charge on any atom is -0.0590 e. The smallest absolute Gasteiger partial charge is 0.00155 e. The van der Waals surface area contributed by atoms with Crippen molar-refractivity contribution in [2.75, 3.05) is 0 Å². The van der Waals surface area contributed by atoms with E-state index in [-0.39, 0.29) is 0 Å². The van der Waals surface area contributed by atoms with Crippen LogP contribution in [0.3, 0.4) is 0 Å². The molecule has 86 valence electrons. The highest BCUT2D eigenvalue weighted by Crippen LogP contribution is 2.59. The highest BCUT2D eigenvalue weighted by atomic mass is 14.6. The van der Waals surface area contributed by atoms with Crippen molar-refractivity contribution in [2.24, 2.45) is 5.41 Å². The summed E-state index contributed by atoms with van der Waals surface area (Å²) >= 11 is 0. The third-order valence-corrected chi connectivity index (χ3v) is 5.43. The lowest BCUT2D eigenvalue weighted by atomic mass is 9.58. The monoisotopic (exact) mass is 214 g/mol. The maximum absolute atomic E-state index is 2.52. The van der Waals surface area contributed by atoms with Gasteiger partial charge in [0.1, 0.15) is 0 Å². The lowest BCUT2D eigenvalue weighted by Crippen LogP contribution is -2.40. The summed E-state index contributed by atoms with van der Waals surface area (Å²) in [4.78, 5) is 0. The van der Waals surface area contributed by atoms with Crippen molar-refractivity contribution < 1.29 is 0 Å².